The van der Waals surface area contributed by atoms with Crippen LogP contribution in [0.15, 0.2) is 52.3 Å². The summed E-state index contributed by atoms with van der Waals surface area (Å²) in [6.45, 7) is 4.06. The number of fused-ring (bicyclic) bond motifs is 4. The Morgan fingerprint density at radius 2 is 2.07 bits per heavy atom. The highest BCUT2D eigenvalue weighted by Crippen LogP contribution is 2.51. The monoisotopic (exact) mass is 371 g/mol. The number of rotatable bonds is 2. The van der Waals surface area contributed by atoms with Gasteiger partial charge in [-0.3, -0.25) is 15.0 Å². The molecule has 7 nitrogen and oxygen atoms in total. The molecule has 140 valence electrons. The molecule has 0 saturated heterocycles. The van der Waals surface area contributed by atoms with E-state index in [0.717, 1.165) is 51.4 Å². The number of hydrogen-bond acceptors (Lipinski definition) is 6. The molecule has 1 saturated carbocycles. The van der Waals surface area contributed by atoms with Crippen LogP contribution < -0.4 is 5.43 Å². The maximum Gasteiger partial charge on any atom is 0.165 e. The van der Waals surface area contributed by atoms with Crippen LogP contribution in [0.4, 0.5) is 0 Å². The molecule has 1 N–H and O–H groups in total. The highest BCUT2D eigenvalue weighted by Gasteiger charge is 2.49. The summed E-state index contributed by atoms with van der Waals surface area (Å²) in [6.07, 6.45) is 4.88. The Kier molecular flexibility index (Phi) is 3.12. The van der Waals surface area contributed by atoms with Crippen LogP contribution in [0.2, 0.25) is 0 Å². The summed E-state index contributed by atoms with van der Waals surface area (Å²) >= 11 is 0. The number of hydrogen-bond donors (Lipinski definition) is 1. The van der Waals surface area contributed by atoms with E-state index in [9.17, 15) is 0 Å². The lowest BCUT2D eigenvalue weighted by Crippen LogP contribution is -2.43. The standard InChI is InChI=1S/C21H21N7/c1-11-10-23-12(2)20-25-19(26-28(11)20)14-9-15(14)21-24-18-13-5-4-8-22-16(13)6-7-17(18)27(21)3/h4-8,10,14-15,19,26H,9H2,1-3H3. The number of nitrogens with one attached hydrogen (secondary N) is 1. The summed E-state index contributed by atoms with van der Waals surface area (Å²) in [6, 6.07) is 8.28. The first-order valence-corrected chi connectivity index (χ1v) is 9.67. The zero-order valence-electron chi connectivity index (χ0n) is 16.1. The highest BCUT2D eigenvalue weighted by molar-refractivity contribution is 6.41. The molecule has 3 atom stereocenters. The molecule has 2 aromatic heterocycles. The molecule has 0 bridgehead atoms. The van der Waals surface area contributed by atoms with Gasteiger partial charge in [0.25, 0.3) is 0 Å². The number of pyridine rings is 1. The van der Waals surface area contributed by atoms with Crippen molar-refractivity contribution < 1.29 is 0 Å². The minimum absolute atomic E-state index is 0.0739. The summed E-state index contributed by atoms with van der Waals surface area (Å²) in [7, 11) is 2.11. The van der Waals surface area contributed by atoms with Crippen LogP contribution in [0, 0.1) is 5.92 Å². The molecule has 6 rings (SSSR count). The van der Waals surface area contributed by atoms with E-state index in [4.69, 9.17) is 9.98 Å². The minimum atomic E-state index is 0.0739. The number of amidine groups is 1. The fourth-order valence-electron chi connectivity index (χ4n) is 4.45. The second kappa shape index (κ2) is 5.48. The second-order valence-electron chi connectivity index (χ2n) is 7.89. The molecule has 2 aliphatic heterocycles. The minimum Gasteiger partial charge on any atom is -0.331 e. The third-order valence-corrected chi connectivity index (χ3v) is 6.10. The molecule has 1 fully saturated rings. The molecule has 7 heteroatoms. The van der Waals surface area contributed by atoms with Crippen LogP contribution in [0.25, 0.3) is 21.9 Å². The van der Waals surface area contributed by atoms with Crippen LogP contribution in [0.3, 0.4) is 0 Å². The summed E-state index contributed by atoms with van der Waals surface area (Å²) in [4.78, 5) is 18.9. The van der Waals surface area contributed by atoms with E-state index in [1.54, 1.807) is 0 Å². The molecule has 28 heavy (non-hydrogen) atoms. The third-order valence-electron chi connectivity index (χ3n) is 6.10. The number of nitrogens with zero attached hydrogens (tertiary/aromatic N) is 6. The van der Waals surface area contributed by atoms with Crippen molar-refractivity contribution in [3.05, 3.63) is 48.2 Å². The lowest BCUT2D eigenvalue weighted by Gasteiger charge is -2.24. The van der Waals surface area contributed by atoms with Crippen molar-refractivity contribution in [3.63, 3.8) is 0 Å². The van der Waals surface area contributed by atoms with Crippen LogP contribution in [0.5, 0.6) is 0 Å². The smallest absolute Gasteiger partial charge is 0.165 e. The molecule has 0 radical (unpaired) electrons. The highest BCUT2D eigenvalue weighted by atomic mass is 15.6. The Morgan fingerprint density at radius 3 is 2.93 bits per heavy atom. The van der Waals surface area contributed by atoms with Crippen LogP contribution in [-0.4, -0.2) is 37.3 Å². The van der Waals surface area contributed by atoms with Crippen LogP contribution in [0.1, 0.15) is 32.0 Å². The van der Waals surface area contributed by atoms with Gasteiger partial charge in [-0.25, -0.2) is 15.4 Å². The largest absolute Gasteiger partial charge is 0.331 e. The zero-order valence-corrected chi connectivity index (χ0v) is 16.1. The first kappa shape index (κ1) is 15.9. The average Bonchev–Trinajstić information content (AvgIpc) is 3.23. The van der Waals surface area contributed by atoms with E-state index in [2.05, 4.69) is 57.1 Å². The number of hydrazine groups is 1. The van der Waals surface area contributed by atoms with Crippen molar-refractivity contribution in [3.8, 4) is 0 Å². The average molecular weight is 371 g/mol. The van der Waals surface area contributed by atoms with Gasteiger partial charge in [-0.15, -0.1) is 0 Å². The molecule has 3 aromatic rings. The Morgan fingerprint density at radius 1 is 1.18 bits per heavy atom. The quantitative estimate of drug-likeness (QED) is 0.751. The van der Waals surface area contributed by atoms with Gasteiger partial charge in [-0.1, -0.05) is 0 Å². The van der Waals surface area contributed by atoms with E-state index in [1.165, 1.54) is 0 Å². The van der Waals surface area contributed by atoms with Gasteiger partial charge in [0.1, 0.15) is 12.0 Å². The van der Waals surface area contributed by atoms with Gasteiger partial charge in [0.2, 0.25) is 0 Å². The van der Waals surface area contributed by atoms with Crippen molar-refractivity contribution >= 4 is 33.5 Å². The van der Waals surface area contributed by atoms with Crippen LogP contribution >= 0.6 is 0 Å². The first-order valence-electron chi connectivity index (χ1n) is 9.67. The molecule has 1 aliphatic carbocycles. The van der Waals surface area contributed by atoms with Gasteiger partial charge < -0.3 is 4.57 Å². The Balaban J connectivity index is 1.35. The van der Waals surface area contributed by atoms with Crippen molar-refractivity contribution in [1.29, 1.82) is 0 Å². The fourth-order valence-corrected chi connectivity index (χ4v) is 4.45. The maximum atomic E-state index is 5.04. The lowest BCUT2D eigenvalue weighted by atomic mass is 10.2. The number of aryl methyl sites for hydroxylation is 1. The molecule has 0 amide bonds. The number of imidazole rings is 1. The zero-order chi connectivity index (χ0) is 19.0. The van der Waals surface area contributed by atoms with E-state index < -0.39 is 0 Å². The Labute approximate surface area is 162 Å². The maximum absolute atomic E-state index is 5.04. The predicted octanol–water partition coefficient (Wildman–Crippen LogP) is 3.11. The van der Waals surface area contributed by atoms with Crippen molar-refractivity contribution in [2.75, 3.05) is 0 Å². The lowest BCUT2D eigenvalue weighted by molar-refractivity contribution is 0.332. The molecule has 0 spiro atoms. The summed E-state index contributed by atoms with van der Waals surface area (Å²) in [5, 5.41) is 3.18. The number of aliphatic imine (C=N–C) groups is 2. The van der Waals surface area contributed by atoms with Crippen LogP contribution in [-0.2, 0) is 7.05 Å². The number of aromatic nitrogens is 3. The van der Waals surface area contributed by atoms with E-state index in [0.29, 0.717) is 11.8 Å². The number of benzene rings is 1. The van der Waals surface area contributed by atoms with Crippen molar-refractivity contribution in [1.82, 2.24) is 25.0 Å². The molecular weight excluding hydrogens is 350 g/mol. The van der Waals surface area contributed by atoms with Gasteiger partial charge in [-0.2, -0.15) is 0 Å². The van der Waals surface area contributed by atoms with Gasteiger partial charge in [0.15, 0.2) is 5.84 Å². The van der Waals surface area contributed by atoms with E-state index in [1.807, 2.05) is 25.4 Å². The normalized spacial score (nSPS) is 26.3. The molecule has 3 unspecified atom stereocenters. The Hall–Kier alpha value is -3.06. The predicted molar refractivity (Wildman–Crippen MR) is 110 cm³/mol. The summed E-state index contributed by atoms with van der Waals surface area (Å²) in [5.74, 6) is 2.94. The Bertz CT molecular complexity index is 1230. The fraction of sp³-hybridized carbons (Fsp3) is 0.333. The SMILES string of the molecule is CC1=CN=C(C)C2=NC(C3CC3c3nc4c5cccnc5ccc4n3C)NN12. The molecule has 1 aromatic carbocycles. The van der Waals surface area contributed by atoms with Gasteiger partial charge in [-0.05, 0) is 44.5 Å². The second-order valence-corrected chi connectivity index (χ2v) is 7.89. The molecule has 3 aliphatic rings. The third kappa shape index (κ3) is 2.13. The van der Waals surface area contributed by atoms with E-state index in [-0.39, 0.29) is 6.17 Å². The van der Waals surface area contributed by atoms with Gasteiger partial charge >= 0.3 is 0 Å². The van der Waals surface area contributed by atoms with E-state index >= 15 is 0 Å². The topological polar surface area (TPSA) is 70.7 Å². The number of allylic oxidation sites excluding steroid dienone is 1. The molecule has 4 heterocycles. The summed E-state index contributed by atoms with van der Waals surface area (Å²) < 4.78 is 2.24. The van der Waals surface area contributed by atoms with Gasteiger partial charge in [0, 0.05) is 36.7 Å². The van der Waals surface area contributed by atoms with Gasteiger partial charge in [0.05, 0.1) is 28.0 Å². The molecular formula is C21H21N7. The first-order chi connectivity index (χ1) is 13.6. The summed E-state index contributed by atoms with van der Waals surface area (Å²) in [5.41, 5.74) is 8.77. The van der Waals surface area contributed by atoms with Crippen molar-refractivity contribution in [2.45, 2.75) is 32.4 Å². The van der Waals surface area contributed by atoms with Crippen molar-refractivity contribution in [2.24, 2.45) is 23.0 Å².